The van der Waals surface area contributed by atoms with Crippen LogP contribution in [0.3, 0.4) is 0 Å². The van der Waals surface area contributed by atoms with Gasteiger partial charge in [0, 0.05) is 0 Å². The first kappa shape index (κ1) is 8.92. The van der Waals surface area contributed by atoms with Gasteiger partial charge in [-0.05, 0) is 0 Å². The molecule has 4 heavy (non-hydrogen) atoms. The zero-order valence-electron chi connectivity index (χ0n) is 1.77. The van der Waals surface area contributed by atoms with Crippen molar-refractivity contribution in [2.24, 2.45) is 0 Å². The van der Waals surface area contributed by atoms with E-state index in [1.54, 1.807) is 0 Å². The third kappa shape index (κ3) is 11.3. The Bertz CT molecular complexity index is 6.00. The Balaban J connectivity index is 0. The van der Waals surface area contributed by atoms with Gasteiger partial charge in [-0.1, -0.05) is 0 Å². The number of rotatable bonds is 0. The van der Waals surface area contributed by atoms with E-state index in [1.807, 2.05) is 0 Å². The Morgan fingerprint density at radius 2 is 1.25 bits per heavy atom. The van der Waals surface area contributed by atoms with Crippen molar-refractivity contribution in [1.82, 2.24) is 0 Å². The molecule has 0 heterocycles. The minimum absolute atomic E-state index is 1.02. The van der Waals surface area contributed by atoms with Gasteiger partial charge in [-0.25, -0.2) is 0 Å². The molecule has 2 nitrogen and oxygen atoms in total. The van der Waals surface area contributed by atoms with Gasteiger partial charge in [0.2, 0.25) is 0 Å². The van der Waals surface area contributed by atoms with Gasteiger partial charge in [0.1, 0.15) is 0 Å². The second kappa shape index (κ2) is 32.8. The van der Waals surface area contributed by atoms with E-state index in [9.17, 15) is 0 Å². The second-order valence-electron chi connectivity index (χ2n) is 0. The minimum atomic E-state index is 1.02. The van der Waals surface area contributed by atoms with Crippen molar-refractivity contribution < 1.29 is 34.0 Å². The molecule has 2 N–H and O–H groups in total. The van der Waals surface area contributed by atoms with Crippen LogP contribution in [-0.4, -0.2) is 10.5 Å². The van der Waals surface area contributed by atoms with E-state index in [1.165, 1.54) is 0 Å². The Morgan fingerprint density at radius 1 is 1.25 bits per heavy atom. The molecule has 0 bridgehead atoms. The topological polar surface area (TPSA) is 40.5 Å². The van der Waals surface area contributed by atoms with Gasteiger partial charge in [-0.15, -0.1) is 0 Å². The molecule has 0 aromatic heterocycles. The van der Waals surface area contributed by atoms with Gasteiger partial charge in [0.25, 0.3) is 0 Å². The molecular formula is H2ClO2Zr. The van der Waals surface area contributed by atoms with Crippen LogP contribution in [0.4, 0.5) is 0 Å². The predicted molar refractivity (Wildman–Crippen MR) is 11.1 cm³/mol. The Morgan fingerprint density at radius 3 is 1.25 bits per heavy atom. The first-order valence-electron chi connectivity index (χ1n) is 0.389. The summed E-state index contributed by atoms with van der Waals surface area (Å²) in [6.45, 7) is 0. The first-order chi connectivity index (χ1) is 2.00. The third-order valence-corrected chi connectivity index (χ3v) is 0. The Labute approximate surface area is 42.7 Å². The molecule has 4 heteroatoms. The molecule has 0 fully saturated rings. The van der Waals surface area contributed by atoms with Crippen LogP contribution in [0, 0.1) is 0 Å². The SMILES string of the molecule is OO.[Cl][Zr]. The number of hydrogen-bond acceptors (Lipinski definition) is 2. The van der Waals surface area contributed by atoms with Crippen LogP contribution in [0.25, 0.3) is 0 Å². The zero-order valence-corrected chi connectivity index (χ0v) is 4.99. The van der Waals surface area contributed by atoms with E-state index in [0.29, 0.717) is 0 Å². The van der Waals surface area contributed by atoms with Crippen LogP contribution in [0.15, 0.2) is 0 Å². The van der Waals surface area contributed by atoms with Gasteiger partial charge in [0.15, 0.2) is 0 Å². The molecule has 0 spiro atoms. The molecule has 0 aliphatic rings. The molecule has 0 aromatic rings. The van der Waals surface area contributed by atoms with E-state index >= 15 is 0 Å². The summed E-state index contributed by atoms with van der Waals surface area (Å²) in [5, 5.41) is 12.0. The normalized spacial score (nSPS) is 2.50. The van der Waals surface area contributed by atoms with Crippen molar-refractivity contribution >= 4 is 8.51 Å². The van der Waals surface area contributed by atoms with Crippen molar-refractivity contribution in [3.05, 3.63) is 0 Å². The number of halogens is 1. The average Bonchev–Trinajstić information content (AvgIpc) is 1.50. The maximum atomic E-state index is 6.00. The molecule has 0 amide bonds. The van der Waals surface area contributed by atoms with Crippen LogP contribution in [0.1, 0.15) is 0 Å². The monoisotopic (exact) mass is 159 g/mol. The fraction of sp³-hybridized carbons (Fsp3) is 0. The van der Waals surface area contributed by atoms with E-state index in [4.69, 9.17) is 19.0 Å². The third-order valence-electron chi connectivity index (χ3n) is 0. The van der Waals surface area contributed by atoms with E-state index in [0.717, 1.165) is 23.5 Å². The van der Waals surface area contributed by atoms with E-state index in [2.05, 4.69) is 0 Å². The molecule has 0 radical (unpaired) electrons. The molecule has 25 valence electrons. The summed E-state index contributed by atoms with van der Waals surface area (Å²) in [5.41, 5.74) is 0. The zero-order chi connectivity index (χ0) is 4.00. The summed E-state index contributed by atoms with van der Waals surface area (Å²) in [6.07, 6.45) is 0. The molecule has 0 unspecified atom stereocenters. The summed E-state index contributed by atoms with van der Waals surface area (Å²) in [5.74, 6) is 0. The van der Waals surface area contributed by atoms with Crippen molar-refractivity contribution in [1.29, 1.82) is 0 Å². The van der Waals surface area contributed by atoms with Crippen molar-refractivity contribution in [3.63, 3.8) is 0 Å². The molecule has 0 saturated heterocycles. The van der Waals surface area contributed by atoms with Gasteiger partial charge >= 0.3 is 32.0 Å². The molecule has 0 aliphatic heterocycles. The summed E-state index contributed by atoms with van der Waals surface area (Å²) in [6, 6.07) is 0. The molecular weight excluding hydrogens is 159 g/mol. The van der Waals surface area contributed by atoms with Gasteiger partial charge < -0.3 is 0 Å². The van der Waals surface area contributed by atoms with E-state index in [-0.39, 0.29) is 0 Å². The molecule has 0 rings (SSSR count). The second-order valence-corrected chi connectivity index (χ2v) is 0. The molecule has 0 saturated carbocycles. The van der Waals surface area contributed by atoms with Crippen molar-refractivity contribution in [2.75, 3.05) is 0 Å². The van der Waals surface area contributed by atoms with Gasteiger partial charge in [-0.3, -0.25) is 10.5 Å². The quantitative estimate of drug-likeness (QED) is 0.405. The average molecular weight is 161 g/mol. The van der Waals surface area contributed by atoms with Crippen LogP contribution in [-0.2, 0) is 23.5 Å². The summed E-state index contributed by atoms with van der Waals surface area (Å²) in [4.78, 5) is 0. The maximum absolute atomic E-state index is 6.00. The predicted octanol–water partition coefficient (Wildman–Crippen LogP) is 0.704. The van der Waals surface area contributed by atoms with Crippen molar-refractivity contribution in [2.45, 2.75) is 0 Å². The fourth-order valence-electron chi connectivity index (χ4n) is 0. The molecule has 0 aromatic carbocycles. The Kier molecular flexibility index (Phi) is 73.1. The first-order valence-corrected chi connectivity index (χ1v) is 3.55. The summed E-state index contributed by atoms with van der Waals surface area (Å²) < 4.78 is 0. The molecule has 0 aliphatic carbocycles. The fourth-order valence-corrected chi connectivity index (χ4v) is 0. The van der Waals surface area contributed by atoms with Gasteiger partial charge in [0.05, 0.1) is 0 Å². The van der Waals surface area contributed by atoms with Crippen LogP contribution < -0.4 is 0 Å². The molecule has 0 atom stereocenters. The summed E-state index contributed by atoms with van der Waals surface area (Å²) in [7, 11) is 4.73. The van der Waals surface area contributed by atoms with E-state index < -0.39 is 0 Å². The van der Waals surface area contributed by atoms with Crippen LogP contribution >= 0.6 is 8.51 Å². The number of hydrogen-bond donors (Lipinski definition) is 2. The van der Waals surface area contributed by atoms with Crippen molar-refractivity contribution in [3.8, 4) is 0 Å². The summed E-state index contributed by atoms with van der Waals surface area (Å²) >= 11 is 1.02. The van der Waals surface area contributed by atoms with Crippen LogP contribution in [0.2, 0.25) is 0 Å². The van der Waals surface area contributed by atoms with Crippen LogP contribution in [0.5, 0.6) is 0 Å². The van der Waals surface area contributed by atoms with Gasteiger partial charge in [-0.2, -0.15) is 0 Å². The standard InChI is InChI=1S/ClH.H2O2.Zr/c;1-2;/h1H;1-2H;/q;;+1/p-1. The Hall–Kier alpha value is 1.09.